The van der Waals surface area contributed by atoms with Gasteiger partial charge in [-0.15, -0.1) is 0 Å². The third-order valence-electron chi connectivity index (χ3n) is 6.82. The maximum absolute atomic E-state index is 14.6. The van der Waals surface area contributed by atoms with Crippen molar-refractivity contribution in [2.24, 2.45) is 5.92 Å². The van der Waals surface area contributed by atoms with Gasteiger partial charge in [0.2, 0.25) is 0 Å². The van der Waals surface area contributed by atoms with Crippen molar-refractivity contribution < 1.29 is 4.39 Å². The third kappa shape index (κ3) is 6.62. The summed E-state index contributed by atoms with van der Waals surface area (Å²) in [4.78, 5) is 9.16. The van der Waals surface area contributed by atoms with E-state index in [0.29, 0.717) is 11.7 Å². The molecule has 2 nitrogen and oxygen atoms in total. The number of halogens is 1. The molecule has 3 rings (SSSR count). The van der Waals surface area contributed by atoms with Gasteiger partial charge in [-0.2, -0.15) is 0 Å². The molecular weight excluding hydrogens is 371 g/mol. The number of rotatable bonds is 11. The van der Waals surface area contributed by atoms with E-state index in [1.165, 1.54) is 76.2 Å². The van der Waals surface area contributed by atoms with Gasteiger partial charge in [0.15, 0.2) is 5.82 Å². The van der Waals surface area contributed by atoms with E-state index in [0.717, 1.165) is 29.9 Å². The van der Waals surface area contributed by atoms with Crippen molar-refractivity contribution in [1.29, 1.82) is 0 Å². The number of nitrogens with zero attached hydrogens (tertiary/aromatic N) is 2. The van der Waals surface area contributed by atoms with Crippen LogP contribution >= 0.6 is 0 Å². The summed E-state index contributed by atoms with van der Waals surface area (Å²) in [6, 6.07) is 5.49. The van der Waals surface area contributed by atoms with Gasteiger partial charge in [0, 0.05) is 18.0 Å². The van der Waals surface area contributed by atoms with Crippen LogP contribution in [0.5, 0.6) is 0 Å². The lowest BCUT2D eigenvalue weighted by atomic mass is 9.78. The molecule has 0 saturated heterocycles. The van der Waals surface area contributed by atoms with Crippen molar-refractivity contribution in [2.45, 2.75) is 103 Å². The molecule has 30 heavy (non-hydrogen) atoms. The van der Waals surface area contributed by atoms with Gasteiger partial charge in [0.05, 0.1) is 0 Å². The van der Waals surface area contributed by atoms with Crippen LogP contribution < -0.4 is 0 Å². The molecule has 1 aliphatic rings. The molecule has 0 amide bonds. The largest absolute Gasteiger partial charge is 0.236 e. The summed E-state index contributed by atoms with van der Waals surface area (Å²) in [5.41, 5.74) is 2.83. The van der Waals surface area contributed by atoms with Crippen molar-refractivity contribution in [3.8, 4) is 11.4 Å². The molecule has 0 unspecified atom stereocenters. The van der Waals surface area contributed by atoms with Crippen LogP contribution in [0.3, 0.4) is 0 Å². The van der Waals surface area contributed by atoms with Crippen LogP contribution in [0.15, 0.2) is 30.6 Å². The van der Waals surface area contributed by atoms with E-state index < -0.39 is 0 Å². The first kappa shape index (κ1) is 22.9. The van der Waals surface area contributed by atoms with Crippen LogP contribution in [0.4, 0.5) is 4.39 Å². The van der Waals surface area contributed by atoms with Crippen LogP contribution in [0.25, 0.3) is 11.4 Å². The summed E-state index contributed by atoms with van der Waals surface area (Å²) < 4.78 is 14.6. The third-order valence-corrected chi connectivity index (χ3v) is 6.82. The van der Waals surface area contributed by atoms with E-state index in [9.17, 15) is 4.39 Å². The van der Waals surface area contributed by atoms with Gasteiger partial charge in [0.1, 0.15) is 5.82 Å². The highest BCUT2D eigenvalue weighted by molar-refractivity contribution is 5.55. The molecule has 0 spiro atoms. The number of hydrogen-bond donors (Lipinski definition) is 0. The Labute approximate surface area is 182 Å². The zero-order chi connectivity index (χ0) is 21.2. The van der Waals surface area contributed by atoms with Gasteiger partial charge in [0.25, 0.3) is 0 Å². The number of aromatic nitrogens is 2. The topological polar surface area (TPSA) is 25.8 Å². The first-order valence-electron chi connectivity index (χ1n) is 12.3. The highest BCUT2D eigenvalue weighted by Crippen LogP contribution is 2.37. The SMILES string of the molecule is CCCCCCCc1ccc(-c2ncc([C@H]3CC[C@H](CCCC)CC3)cn2)cc1F. The van der Waals surface area contributed by atoms with Crippen LogP contribution in [-0.4, -0.2) is 9.97 Å². The Morgan fingerprint density at radius 1 is 0.867 bits per heavy atom. The minimum atomic E-state index is -0.124. The first-order chi connectivity index (χ1) is 14.7. The van der Waals surface area contributed by atoms with E-state index in [-0.39, 0.29) is 5.82 Å². The Balaban J connectivity index is 1.54. The average Bonchev–Trinajstić information content (AvgIpc) is 2.79. The van der Waals surface area contributed by atoms with Crippen LogP contribution in [-0.2, 0) is 6.42 Å². The van der Waals surface area contributed by atoms with Crippen molar-refractivity contribution in [3.05, 3.63) is 47.5 Å². The van der Waals surface area contributed by atoms with Crippen LogP contribution in [0.1, 0.15) is 108 Å². The molecule has 1 saturated carbocycles. The molecule has 1 aromatic heterocycles. The van der Waals surface area contributed by atoms with E-state index >= 15 is 0 Å². The Kier molecular flexibility index (Phi) is 9.29. The minimum absolute atomic E-state index is 0.124. The summed E-state index contributed by atoms with van der Waals surface area (Å²) in [6.45, 7) is 4.49. The normalized spacial score (nSPS) is 19.2. The minimum Gasteiger partial charge on any atom is -0.236 e. The molecule has 0 radical (unpaired) electrons. The molecule has 0 N–H and O–H groups in total. The predicted molar refractivity (Wildman–Crippen MR) is 124 cm³/mol. The summed E-state index contributed by atoms with van der Waals surface area (Å²) in [5.74, 6) is 2.00. The van der Waals surface area contributed by atoms with Crippen molar-refractivity contribution in [2.75, 3.05) is 0 Å². The van der Waals surface area contributed by atoms with Crippen molar-refractivity contribution >= 4 is 0 Å². The van der Waals surface area contributed by atoms with E-state index in [2.05, 4.69) is 23.8 Å². The highest BCUT2D eigenvalue weighted by atomic mass is 19.1. The lowest BCUT2D eigenvalue weighted by Gasteiger charge is -2.28. The summed E-state index contributed by atoms with van der Waals surface area (Å²) in [6.07, 6.45) is 20.0. The molecule has 1 heterocycles. The fraction of sp³-hybridized carbons (Fsp3) is 0.630. The molecule has 3 heteroatoms. The molecule has 0 atom stereocenters. The zero-order valence-electron chi connectivity index (χ0n) is 19.0. The maximum atomic E-state index is 14.6. The lowest BCUT2D eigenvalue weighted by Crippen LogP contribution is -2.13. The Morgan fingerprint density at radius 3 is 2.23 bits per heavy atom. The van der Waals surface area contributed by atoms with Gasteiger partial charge in [-0.25, -0.2) is 14.4 Å². The van der Waals surface area contributed by atoms with Crippen LogP contribution in [0.2, 0.25) is 0 Å². The summed E-state index contributed by atoms with van der Waals surface area (Å²) in [7, 11) is 0. The molecule has 164 valence electrons. The second kappa shape index (κ2) is 12.2. The molecule has 1 aliphatic carbocycles. The smallest absolute Gasteiger partial charge is 0.159 e. The predicted octanol–water partition coefficient (Wildman–Crippen LogP) is 8.26. The lowest BCUT2D eigenvalue weighted by molar-refractivity contribution is 0.304. The van der Waals surface area contributed by atoms with Crippen LogP contribution in [0, 0.1) is 11.7 Å². The second-order valence-corrected chi connectivity index (χ2v) is 9.17. The molecular formula is C27H39FN2. The molecule has 1 fully saturated rings. The maximum Gasteiger partial charge on any atom is 0.159 e. The van der Waals surface area contributed by atoms with Gasteiger partial charge in [-0.3, -0.25) is 0 Å². The summed E-state index contributed by atoms with van der Waals surface area (Å²) >= 11 is 0. The van der Waals surface area contributed by atoms with Crippen molar-refractivity contribution in [3.63, 3.8) is 0 Å². The monoisotopic (exact) mass is 410 g/mol. The molecule has 1 aromatic carbocycles. The molecule has 2 aromatic rings. The highest BCUT2D eigenvalue weighted by Gasteiger charge is 2.22. The van der Waals surface area contributed by atoms with Gasteiger partial charge >= 0.3 is 0 Å². The van der Waals surface area contributed by atoms with E-state index in [1.54, 1.807) is 6.07 Å². The standard InChI is InChI=1S/C27H39FN2/c1-3-5-7-8-9-11-23-16-17-24(18-26(23)28)27-29-19-25(20-30-27)22-14-12-21(13-15-22)10-6-4-2/h16-22H,3-15H2,1-2H3/t21-,22-. The molecule has 0 aliphatic heterocycles. The van der Waals surface area contributed by atoms with Crippen molar-refractivity contribution in [1.82, 2.24) is 9.97 Å². The number of aryl methyl sites for hydroxylation is 1. The Bertz CT molecular complexity index is 748. The zero-order valence-corrected chi connectivity index (χ0v) is 19.0. The first-order valence-corrected chi connectivity index (χ1v) is 12.3. The number of unbranched alkanes of at least 4 members (excludes halogenated alkanes) is 5. The fourth-order valence-electron chi connectivity index (χ4n) is 4.78. The Hall–Kier alpha value is -1.77. The van der Waals surface area contributed by atoms with Gasteiger partial charge in [-0.05, 0) is 67.6 Å². The molecule has 0 bridgehead atoms. The van der Waals surface area contributed by atoms with Gasteiger partial charge < -0.3 is 0 Å². The Morgan fingerprint density at radius 2 is 1.57 bits per heavy atom. The second-order valence-electron chi connectivity index (χ2n) is 9.17. The number of hydrogen-bond acceptors (Lipinski definition) is 2. The average molecular weight is 411 g/mol. The van der Waals surface area contributed by atoms with E-state index in [4.69, 9.17) is 0 Å². The summed E-state index contributed by atoms with van der Waals surface area (Å²) in [5, 5.41) is 0. The quantitative estimate of drug-likeness (QED) is 0.348. The van der Waals surface area contributed by atoms with Gasteiger partial charge in [-0.1, -0.05) is 70.9 Å². The van der Waals surface area contributed by atoms with E-state index in [1.807, 2.05) is 24.5 Å². The number of benzene rings is 1. The fourth-order valence-corrected chi connectivity index (χ4v) is 4.78.